The Morgan fingerprint density at radius 2 is 2.17 bits per heavy atom. The van der Waals surface area contributed by atoms with Crippen molar-refractivity contribution in [2.24, 2.45) is 0 Å². The number of hydrogen-bond donors (Lipinski definition) is 1. The number of aromatic carboxylic acids is 1. The van der Waals surface area contributed by atoms with Crippen LogP contribution in [0.1, 0.15) is 40.0 Å². The van der Waals surface area contributed by atoms with Gasteiger partial charge >= 0.3 is 5.97 Å². The van der Waals surface area contributed by atoms with E-state index < -0.39 is 5.97 Å². The van der Waals surface area contributed by atoms with Crippen LogP contribution in [0, 0.1) is 0 Å². The molecule has 0 bridgehead atoms. The molecule has 2 rings (SSSR count). The molecule has 1 aromatic heterocycles. The maximum Gasteiger partial charge on any atom is 0.347 e. The van der Waals surface area contributed by atoms with E-state index in [-0.39, 0.29) is 4.88 Å². The second-order valence-electron chi connectivity index (χ2n) is 4.81. The summed E-state index contributed by atoms with van der Waals surface area (Å²) in [5.41, 5.74) is 0.935. The number of carboxylic acid groups (broad SMARTS) is 1. The molecular formula is C17H19NO4S. The number of carboxylic acids is 1. The van der Waals surface area contributed by atoms with Crippen LogP contribution < -0.4 is 9.47 Å². The van der Waals surface area contributed by atoms with E-state index in [1.807, 2.05) is 24.3 Å². The van der Waals surface area contributed by atoms with Gasteiger partial charge < -0.3 is 14.6 Å². The van der Waals surface area contributed by atoms with Crippen LogP contribution in [-0.2, 0) is 0 Å². The summed E-state index contributed by atoms with van der Waals surface area (Å²) in [6.45, 7) is 2.76. The number of thiazole rings is 1. The highest BCUT2D eigenvalue weighted by Crippen LogP contribution is 2.29. The molecule has 0 radical (unpaired) electrons. The van der Waals surface area contributed by atoms with Crippen LogP contribution in [-0.4, -0.2) is 29.8 Å². The van der Waals surface area contributed by atoms with Gasteiger partial charge in [-0.1, -0.05) is 25.5 Å². The Morgan fingerprint density at radius 1 is 1.35 bits per heavy atom. The molecule has 0 aliphatic rings. The SMILES string of the molecule is CCCCOc1cc(/C=C/c2ncc(C(=O)O)s2)ccc1OC. The number of hydrogen-bond acceptors (Lipinski definition) is 5. The zero-order valence-corrected chi connectivity index (χ0v) is 13.9. The molecule has 122 valence electrons. The number of unbranched alkanes of at least 4 members (excludes halogenated alkanes) is 1. The molecule has 0 aliphatic heterocycles. The third-order valence-electron chi connectivity index (χ3n) is 3.10. The van der Waals surface area contributed by atoms with E-state index in [0.29, 0.717) is 23.1 Å². The van der Waals surface area contributed by atoms with E-state index in [2.05, 4.69) is 11.9 Å². The number of aromatic nitrogens is 1. The monoisotopic (exact) mass is 333 g/mol. The highest BCUT2D eigenvalue weighted by Gasteiger charge is 2.07. The molecule has 1 heterocycles. The van der Waals surface area contributed by atoms with Gasteiger partial charge in [0.15, 0.2) is 11.5 Å². The molecule has 1 aromatic carbocycles. The van der Waals surface area contributed by atoms with Crippen molar-refractivity contribution in [1.29, 1.82) is 0 Å². The van der Waals surface area contributed by atoms with Crippen molar-refractivity contribution in [3.63, 3.8) is 0 Å². The molecule has 0 amide bonds. The van der Waals surface area contributed by atoms with Crippen LogP contribution in [0.15, 0.2) is 24.4 Å². The molecule has 6 heteroatoms. The minimum Gasteiger partial charge on any atom is -0.493 e. The number of nitrogens with zero attached hydrogens (tertiary/aromatic N) is 1. The fraction of sp³-hybridized carbons (Fsp3) is 0.294. The summed E-state index contributed by atoms with van der Waals surface area (Å²) in [4.78, 5) is 15.1. The standard InChI is InChI=1S/C17H19NO4S/c1-3-4-9-22-14-10-12(5-7-13(14)21-2)6-8-16-18-11-15(23-16)17(19)20/h5-8,10-11H,3-4,9H2,1-2H3,(H,19,20)/b8-6+. The normalized spacial score (nSPS) is 10.9. The fourth-order valence-corrected chi connectivity index (χ4v) is 2.53. The summed E-state index contributed by atoms with van der Waals surface area (Å²) in [5.74, 6) is 0.437. The first-order valence-corrected chi connectivity index (χ1v) is 8.13. The minimum absolute atomic E-state index is 0.225. The van der Waals surface area contributed by atoms with Crippen LogP contribution in [0.3, 0.4) is 0 Å². The van der Waals surface area contributed by atoms with Crippen molar-refractivity contribution >= 4 is 29.5 Å². The second-order valence-corrected chi connectivity index (χ2v) is 5.88. The van der Waals surface area contributed by atoms with Crippen LogP contribution in [0.25, 0.3) is 12.2 Å². The molecule has 0 spiro atoms. The van der Waals surface area contributed by atoms with Gasteiger partial charge in [-0.2, -0.15) is 0 Å². The maximum atomic E-state index is 10.8. The molecule has 0 saturated carbocycles. The first-order chi connectivity index (χ1) is 11.1. The van der Waals surface area contributed by atoms with Gasteiger partial charge in [-0.05, 0) is 30.2 Å². The molecule has 2 aromatic rings. The average molecular weight is 333 g/mol. The first kappa shape index (κ1) is 17.0. The van der Waals surface area contributed by atoms with Crippen molar-refractivity contribution in [3.05, 3.63) is 39.8 Å². The summed E-state index contributed by atoms with van der Waals surface area (Å²) in [5, 5.41) is 9.54. The molecule has 5 nitrogen and oxygen atoms in total. The summed E-state index contributed by atoms with van der Waals surface area (Å²) >= 11 is 1.14. The number of ether oxygens (including phenoxy) is 2. The van der Waals surface area contributed by atoms with E-state index >= 15 is 0 Å². The lowest BCUT2D eigenvalue weighted by molar-refractivity contribution is 0.0702. The van der Waals surface area contributed by atoms with E-state index in [1.165, 1.54) is 6.20 Å². The lowest BCUT2D eigenvalue weighted by Gasteiger charge is -2.11. The largest absolute Gasteiger partial charge is 0.493 e. The van der Waals surface area contributed by atoms with Gasteiger partial charge in [-0.15, -0.1) is 11.3 Å². The first-order valence-electron chi connectivity index (χ1n) is 7.32. The lowest BCUT2D eigenvalue weighted by Crippen LogP contribution is -1.99. The number of rotatable bonds is 8. The Labute approximate surface area is 139 Å². The van der Waals surface area contributed by atoms with Gasteiger partial charge in [-0.25, -0.2) is 9.78 Å². The molecule has 0 aliphatic carbocycles. The summed E-state index contributed by atoms with van der Waals surface area (Å²) in [6.07, 6.45) is 7.07. The Balaban J connectivity index is 2.13. The Hall–Kier alpha value is -2.34. The Morgan fingerprint density at radius 3 is 2.83 bits per heavy atom. The van der Waals surface area contributed by atoms with Gasteiger partial charge in [0.1, 0.15) is 9.88 Å². The topological polar surface area (TPSA) is 68.7 Å². The van der Waals surface area contributed by atoms with Gasteiger partial charge in [0.2, 0.25) is 0 Å². The van der Waals surface area contributed by atoms with Crippen LogP contribution >= 0.6 is 11.3 Å². The van der Waals surface area contributed by atoms with Crippen LogP contribution in [0.2, 0.25) is 0 Å². The van der Waals surface area contributed by atoms with Crippen LogP contribution in [0.5, 0.6) is 11.5 Å². The third kappa shape index (κ3) is 4.82. The number of benzene rings is 1. The van der Waals surface area contributed by atoms with Crippen LogP contribution in [0.4, 0.5) is 0 Å². The van der Waals surface area contributed by atoms with E-state index in [0.717, 1.165) is 29.7 Å². The zero-order valence-electron chi connectivity index (χ0n) is 13.1. The predicted octanol–water partition coefficient (Wildman–Crippen LogP) is 4.20. The van der Waals surface area contributed by atoms with E-state index in [1.54, 1.807) is 13.2 Å². The van der Waals surface area contributed by atoms with Crippen molar-refractivity contribution in [1.82, 2.24) is 4.98 Å². The van der Waals surface area contributed by atoms with Crippen molar-refractivity contribution in [2.45, 2.75) is 19.8 Å². The molecule has 0 fully saturated rings. The van der Waals surface area contributed by atoms with Crippen molar-refractivity contribution in [2.75, 3.05) is 13.7 Å². The molecule has 0 unspecified atom stereocenters. The average Bonchev–Trinajstić information content (AvgIpc) is 3.02. The summed E-state index contributed by atoms with van der Waals surface area (Å²) in [7, 11) is 1.61. The van der Waals surface area contributed by atoms with Gasteiger partial charge in [0.05, 0.1) is 19.9 Å². The molecule has 23 heavy (non-hydrogen) atoms. The zero-order chi connectivity index (χ0) is 16.7. The smallest absolute Gasteiger partial charge is 0.347 e. The van der Waals surface area contributed by atoms with Crippen molar-refractivity contribution < 1.29 is 19.4 Å². The fourth-order valence-electron chi connectivity index (χ4n) is 1.87. The molecule has 0 atom stereocenters. The van der Waals surface area contributed by atoms with E-state index in [4.69, 9.17) is 14.6 Å². The number of methoxy groups -OCH3 is 1. The van der Waals surface area contributed by atoms with Gasteiger partial charge in [-0.3, -0.25) is 0 Å². The predicted molar refractivity (Wildman–Crippen MR) is 91.4 cm³/mol. The van der Waals surface area contributed by atoms with Gasteiger partial charge in [0.25, 0.3) is 0 Å². The second kappa shape index (κ2) is 8.33. The Kier molecular flexibility index (Phi) is 6.17. The summed E-state index contributed by atoms with van der Waals surface area (Å²) in [6, 6.07) is 5.66. The quantitative estimate of drug-likeness (QED) is 0.733. The third-order valence-corrected chi connectivity index (χ3v) is 4.05. The van der Waals surface area contributed by atoms with Crippen molar-refractivity contribution in [3.8, 4) is 11.5 Å². The maximum absolute atomic E-state index is 10.8. The van der Waals surface area contributed by atoms with Gasteiger partial charge in [0, 0.05) is 0 Å². The highest BCUT2D eigenvalue weighted by atomic mass is 32.1. The molecule has 1 N–H and O–H groups in total. The Bertz CT molecular complexity index is 694. The highest BCUT2D eigenvalue weighted by molar-refractivity contribution is 7.14. The minimum atomic E-state index is -0.960. The molecular weight excluding hydrogens is 314 g/mol. The summed E-state index contributed by atoms with van der Waals surface area (Å²) < 4.78 is 11.0. The number of carbonyl (C=O) groups is 1. The lowest BCUT2D eigenvalue weighted by atomic mass is 10.2. The van der Waals surface area contributed by atoms with E-state index in [9.17, 15) is 4.79 Å². The molecule has 0 saturated heterocycles.